The molecule has 6 heteroatoms. The van der Waals surface area contributed by atoms with E-state index in [0.717, 1.165) is 32.0 Å². The number of halogens is 1. The van der Waals surface area contributed by atoms with E-state index in [2.05, 4.69) is 21.0 Å². The van der Waals surface area contributed by atoms with Crippen molar-refractivity contribution in [2.24, 2.45) is 5.41 Å². The third-order valence-corrected chi connectivity index (χ3v) is 4.44. The van der Waals surface area contributed by atoms with Gasteiger partial charge >= 0.3 is 0 Å². The van der Waals surface area contributed by atoms with Crippen molar-refractivity contribution in [3.63, 3.8) is 0 Å². The van der Waals surface area contributed by atoms with Crippen molar-refractivity contribution in [2.75, 3.05) is 31.2 Å². The van der Waals surface area contributed by atoms with E-state index in [0.29, 0.717) is 10.7 Å². The Hall–Kier alpha value is -1.33. The Labute approximate surface area is 116 Å². The standard InChI is InChI=1S/C13H15ClN4O/c14-12-15-11-2-1-10(7-18(11)16-12)17-5-3-13(8-17)4-6-19-9-13/h1-2,7H,3-6,8-9H2. The fourth-order valence-corrected chi connectivity index (χ4v) is 3.33. The van der Waals surface area contributed by atoms with Crippen molar-refractivity contribution >= 4 is 22.9 Å². The van der Waals surface area contributed by atoms with Crippen molar-refractivity contribution in [3.05, 3.63) is 23.6 Å². The second-order valence-electron chi connectivity index (χ2n) is 5.55. The van der Waals surface area contributed by atoms with Crippen LogP contribution < -0.4 is 4.90 Å². The molecule has 5 nitrogen and oxygen atoms in total. The monoisotopic (exact) mass is 278 g/mol. The van der Waals surface area contributed by atoms with Gasteiger partial charge in [-0.15, -0.1) is 5.10 Å². The van der Waals surface area contributed by atoms with Gasteiger partial charge in [-0.05, 0) is 36.6 Å². The van der Waals surface area contributed by atoms with E-state index in [1.165, 1.54) is 18.5 Å². The summed E-state index contributed by atoms with van der Waals surface area (Å²) in [5.41, 5.74) is 2.33. The number of hydrogen-bond acceptors (Lipinski definition) is 4. The molecule has 0 aromatic carbocycles. The highest BCUT2D eigenvalue weighted by molar-refractivity contribution is 6.28. The fourth-order valence-electron chi connectivity index (χ4n) is 3.16. The van der Waals surface area contributed by atoms with E-state index in [-0.39, 0.29) is 0 Å². The first kappa shape index (κ1) is 11.5. The number of aromatic nitrogens is 3. The smallest absolute Gasteiger partial charge is 0.243 e. The molecule has 2 saturated heterocycles. The maximum Gasteiger partial charge on any atom is 0.243 e. The molecular formula is C13H15ClN4O. The minimum absolute atomic E-state index is 0.291. The van der Waals surface area contributed by atoms with Gasteiger partial charge in [-0.3, -0.25) is 0 Å². The van der Waals surface area contributed by atoms with Crippen LogP contribution in [0.4, 0.5) is 5.69 Å². The molecule has 2 aromatic heterocycles. The van der Waals surface area contributed by atoms with Gasteiger partial charge in [-0.25, -0.2) is 4.52 Å². The topological polar surface area (TPSA) is 42.7 Å². The van der Waals surface area contributed by atoms with Crippen molar-refractivity contribution in [1.29, 1.82) is 0 Å². The molecule has 0 saturated carbocycles. The van der Waals surface area contributed by atoms with Crippen LogP contribution in [0, 0.1) is 5.41 Å². The Morgan fingerprint density at radius 3 is 3.11 bits per heavy atom. The van der Waals surface area contributed by atoms with Crippen LogP contribution in [0.1, 0.15) is 12.8 Å². The molecule has 0 amide bonds. The van der Waals surface area contributed by atoms with E-state index in [9.17, 15) is 0 Å². The van der Waals surface area contributed by atoms with Crippen molar-refractivity contribution in [2.45, 2.75) is 12.8 Å². The first-order valence-corrected chi connectivity index (χ1v) is 6.97. The van der Waals surface area contributed by atoms with E-state index < -0.39 is 0 Å². The molecule has 2 fully saturated rings. The summed E-state index contributed by atoms with van der Waals surface area (Å²) in [7, 11) is 0. The van der Waals surface area contributed by atoms with Crippen LogP contribution in [0.25, 0.3) is 5.65 Å². The molecule has 1 atom stereocenters. The van der Waals surface area contributed by atoms with Crippen LogP contribution in [-0.2, 0) is 4.74 Å². The zero-order chi connectivity index (χ0) is 12.9. The zero-order valence-electron chi connectivity index (χ0n) is 10.5. The molecule has 100 valence electrons. The summed E-state index contributed by atoms with van der Waals surface area (Å²) in [6, 6.07) is 4.06. The van der Waals surface area contributed by atoms with Gasteiger partial charge in [0.05, 0.1) is 18.5 Å². The highest BCUT2D eigenvalue weighted by Crippen LogP contribution is 2.39. The SMILES string of the molecule is Clc1nc2ccc(N3CCC4(CCOC4)C3)cn2n1. The fraction of sp³-hybridized carbons (Fsp3) is 0.538. The van der Waals surface area contributed by atoms with Crippen LogP contribution in [0.3, 0.4) is 0 Å². The second-order valence-corrected chi connectivity index (χ2v) is 5.88. The zero-order valence-corrected chi connectivity index (χ0v) is 11.3. The number of pyridine rings is 1. The molecule has 19 heavy (non-hydrogen) atoms. The summed E-state index contributed by atoms with van der Waals surface area (Å²) < 4.78 is 7.31. The van der Waals surface area contributed by atoms with Gasteiger partial charge in [-0.2, -0.15) is 4.98 Å². The number of ether oxygens (including phenoxy) is 1. The third-order valence-electron chi connectivity index (χ3n) is 4.28. The number of hydrogen-bond donors (Lipinski definition) is 0. The van der Waals surface area contributed by atoms with Gasteiger partial charge in [0.15, 0.2) is 5.65 Å². The van der Waals surface area contributed by atoms with E-state index in [4.69, 9.17) is 16.3 Å². The number of nitrogens with zero attached hydrogens (tertiary/aromatic N) is 4. The van der Waals surface area contributed by atoms with Crippen LogP contribution in [0.2, 0.25) is 5.28 Å². The lowest BCUT2D eigenvalue weighted by molar-refractivity contribution is 0.160. The van der Waals surface area contributed by atoms with Crippen LogP contribution in [0.15, 0.2) is 18.3 Å². The molecular weight excluding hydrogens is 264 g/mol. The minimum atomic E-state index is 0.291. The van der Waals surface area contributed by atoms with Gasteiger partial charge < -0.3 is 9.64 Å². The van der Waals surface area contributed by atoms with Crippen LogP contribution in [-0.4, -0.2) is 40.9 Å². The molecule has 2 aliphatic rings. The van der Waals surface area contributed by atoms with Gasteiger partial charge in [-0.1, -0.05) is 0 Å². The highest BCUT2D eigenvalue weighted by Gasteiger charge is 2.41. The molecule has 4 rings (SSSR count). The summed E-state index contributed by atoms with van der Waals surface area (Å²) in [6.45, 7) is 3.96. The Morgan fingerprint density at radius 2 is 2.26 bits per heavy atom. The van der Waals surface area contributed by atoms with Crippen LogP contribution in [0.5, 0.6) is 0 Å². The summed E-state index contributed by atoms with van der Waals surface area (Å²) in [4.78, 5) is 6.54. The van der Waals surface area contributed by atoms with Gasteiger partial charge in [0.25, 0.3) is 0 Å². The number of rotatable bonds is 1. The summed E-state index contributed by atoms with van der Waals surface area (Å²) in [5, 5.41) is 4.44. The average molecular weight is 279 g/mol. The van der Waals surface area contributed by atoms with Crippen molar-refractivity contribution < 1.29 is 4.74 Å². The van der Waals surface area contributed by atoms with Gasteiger partial charge in [0.1, 0.15) is 0 Å². The Morgan fingerprint density at radius 1 is 1.32 bits per heavy atom. The third kappa shape index (κ3) is 1.88. The van der Waals surface area contributed by atoms with Crippen molar-refractivity contribution in [3.8, 4) is 0 Å². The molecule has 0 bridgehead atoms. The van der Waals surface area contributed by atoms with Gasteiger partial charge in [0.2, 0.25) is 5.28 Å². The minimum Gasteiger partial charge on any atom is -0.381 e. The number of fused-ring (bicyclic) bond motifs is 1. The summed E-state index contributed by atoms with van der Waals surface area (Å²) >= 11 is 5.82. The molecule has 2 aliphatic heterocycles. The van der Waals surface area contributed by atoms with E-state index >= 15 is 0 Å². The predicted octanol–water partition coefficient (Wildman–Crippen LogP) is 2.00. The first-order valence-electron chi connectivity index (χ1n) is 6.59. The van der Waals surface area contributed by atoms with E-state index in [1.807, 2.05) is 12.3 Å². The maximum absolute atomic E-state index is 5.82. The lowest BCUT2D eigenvalue weighted by Gasteiger charge is -2.23. The highest BCUT2D eigenvalue weighted by atomic mass is 35.5. The Balaban J connectivity index is 1.64. The quantitative estimate of drug-likeness (QED) is 0.800. The summed E-state index contributed by atoms with van der Waals surface area (Å²) in [6.07, 6.45) is 4.40. The number of anilines is 1. The first-order chi connectivity index (χ1) is 9.24. The van der Waals surface area contributed by atoms with Gasteiger partial charge in [0, 0.05) is 25.1 Å². The normalized spacial score (nSPS) is 26.9. The average Bonchev–Trinajstić information content (AvgIpc) is 3.09. The largest absolute Gasteiger partial charge is 0.381 e. The van der Waals surface area contributed by atoms with Crippen molar-refractivity contribution in [1.82, 2.24) is 14.6 Å². The molecule has 0 radical (unpaired) electrons. The molecule has 4 heterocycles. The lowest BCUT2D eigenvalue weighted by atomic mass is 9.87. The second kappa shape index (κ2) is 4.08. The maximum atomic E-state index is 5.82. The van der Waals surface area contributed by atoms with Crippen LogP contribution >= 0.6 is 11.6 Å². The summed E-state index contributed by atoms with van der Waals surface area (Å²) in [5.74, 6) is 0. The molecule has 1 spiro atoms. The molecule has 0 aliphatic carbocycles. The Kier molecular flexibility index (Phi) is 2.47. The lowest BCUT2D eigenvalue weighted by Crippen LogP contribution is -2.27. The van der Waals surface area contributed by atoms with E-state index in [1.54, 1.807) is 4.52 Å². The molecule has 1 unspecified atom stereocenters. The molecule has 0 N–H and O–H groups in total. The molecule has 2 aromatic rings. The Bertz CT molecular complexity index is 620. The predicted molar refractivity (Wildman–Crippen MR) is 72.7 cm³/mol.